The molecule has 0 bridgehead atoms. The molecule has 7 aromatic carbocycles. The Balaban J connectivity index is 1.19. The summed E-state index contributed by atoms with van der Waals surface area (Å²) in [5.41, 5.74) is 20.8. The molecule has 336 valence electrons. The zero-order valence-electron chi connectivity index (χ0n) is 41.1. The van der Waals surface area contributed by atoms with Crippen molar-refractivity contribution in [3.8, 4) is 22.6 Å². The van der Waals surface area contributed by atoms with E-state index >= 15 is 0 Å². The van der Waals surface area contributed by atoms with E-state index in [1.54, 1.807) is 0 Å². The Morgan fingerprint density at radius 1 is 0.426 bits per heavy atom. The number of anilines is 6. The number of hydrogen-bond donors (Lipinski definition) is 0. The summed E-state index contributed by atoms with van der Waals surface area (Å²) in [6, 6.07) is 53.1. The van der Waals surface area contributed by atoms with E-state index in [1.165, 1.54) is 50.1 Å². The predicted molar refractivity (Wildman–Crippen MR) is 286 cm³/mol. The molecule has 0 N–H and O–H groups in total. The van der Waals surface area contributed by atoms with Crippen molar-refractivity contribution >= 4 is 90.3 Å². The van der Waals surface area contributed by atoms with Gasteiger partial charge < -0.3 is 23.1 Å². The highest BCUT2D eigenvalue weighted by Crippen LogP contribution is 2.51. The Hall–Kier alpha value is -7.18. The van der Waals surface area contributed by atoms with Gasteiger partial charge in [0.15, 0.2) is 0 Å². The van der Waals surface area contributed by atoms with Crippen LogP contribution in [0.2, 0.25) is 0 Å². The molecule has 5 heterocycles. The van der Waals surface area contributed by atoms with Crippen LogP contribution < -0.4 is 26.4 Å². The second kappa shape index (κ2) is 14.7. The molecule has 0 spiro atoms. The molecule has 3 aromatic heterocycles. The Labute approximate surface area is 400 Å². The fourth-order valence-corrected chi connectivity index (χ4v) is 10.8. The van der Waals surface area contributed by atoms with E-state index in [2.05, 4.69) is 207 Å². The fraction of sp³-hybridized carbons (Fsp3) is 0.226. The standard InChI is InChI=1S/C62H57BN2O3/c1-36-27-43(61(6,7)8)28-37(2)57(36)65-50-35-44(62(9,10)11)34-49-56(50)63(59-58(65)46-33-42(60(3,4)5)24-26-53(46)68-59)47-25-23-41(55-32-40-18-13-15-22-52(40)67-55)30-48(47)64(49)45-20-16-19-38(29-45)54-31-39-17-12-14-21-51(39)66-54/h12-35H,1-11H3. The minimum absolute atomic E-state index is 0.0101. The number of furan rings is 3. The summed E-state index contributed by atoms with van der Waals surface area (Å²) in [5.74, 6) is 1.67. The maximum absolute atomic E-state index is 7.38. The number of para-hydroxylation sites is 2. The topological polar surface area (TPSA) is 45.9 Å². The third-order valence-electron chi connectivity index (χ3n) is 14.5. The average molecular weight is 889 g/mol. The van der Waals surface area contributed by atoms with Crippen molar-refractivity contribution in [2.45, 2.75) is 92.4 Å². The zero-order valence-corrected chi connectivity index (χ0v) is 41.1. The highest BCUT2D eigenvalue weighted by atomic mass is 16.3. The number of fused-ring (bicyclic) bond motifs is 8. The number of benzene rings is 7. The van der Waals surface area contributed by atoms with Crippen molar-refractivity contribution in [3.63, 3.8) is 0 Å². The smallest absolute Gasteiger partial charge is 0.297 e. The molecule has 12 rings (SSSR count). The molecular formula is C62H57BN2O3. The molecule has 0 unspecified atom stereocenters. The van der Waals surface area contributed by atoms with E-state index in [9.17, 15) is 0 Å². The van der Waals surface area contributed by atoms with Crippen LogP contribution in [-0.4, -0.2) is 6.71 Å². The highest BCUT2D eigenvalue weighted by molar-refractivity contribution is 7.00. The molecule has 5 nitrogen and oxygen atoms in total. The number of aryl methyl sites for hydroxylation is 2. The van der Waals surface area contributed by atoms with Crippen LogP contribution in [0.5, 0.6) is 0 Å². The largest absolute Gasteiger partial charge is 0.468 e. The van der Waals surface area contributed by atoms with Gasteiger partial charge >= 0.3 is 0 Å². The first kappa shape index (κ1) is 42.2. The predicted octanol–water partition coefficient (Wildman–Crippen LogP) is 15.9. The van der Waals surface area contributed by atoms with E-state index < -0.39 is 0 Å². The van der Waals surface area contributed by atoms with Gasteiger partial charge in [-0.1, -0.05) is 141 Å². The average Bonchev–Trinajstić information content (AvgIpc) is 4.04. The Bertz CT molecular complexity index is 3600. The molecule has 0 saturated heterocycles. The molecule has 0 atom stereocenters. The Kier molecular flexibility index (Phi) is 9.10. The third-order valence-corrected chi connectivity index (χ3v) is 14.5. The van der Waals surface area contributed by atoms with Crippen molar-refractivity contribution in [1.82, 2.24) is 0 Å². The highest BCUT2D eigenvalue weighted by Gasteiger charge is 2.48. The van der Waals surface area contributed by atoms with Crippen LogP contribution in [0.15, 0.2) is 159 Å². The normalized spacial score (nSPS) is 13.7. The van der Waals surface area contributed by atoms with Crippen LogP contribution in [0.3, 0.4) is 0 Å². The lowest BCUT2D eigenvalue weighted by Gasteiger charge is -2.44. The van der Waals surface area contributed by atoms with E-state index in [1.807, 2.05) is 24.3 Å². The maximum atomic E-state index is 7.38. The first-order chi connectivity index (χ1) is 32.4. The SMILES string of the molecule is Cc1cc(C(C)(C)C)cc(C)c1N1c2cc(C(C)(C)C)cc3c2B(c2ccc(-c4cc5ccccc5o4)cc2N3c2cccc(-c3cc4ccccc4o3)c2)c2oc3ccc(C(C)(C)C)cc3c21. The summed E-state index contributed by atoms with van der Waals surface area (Å²) in [5, 5.41) is 3.29. The quantitative estimate of drug-likeness (QED) is 0.165. The van der Waals surface area contributed by atoms with Crippen molar-refractivity contribution in [2.75, 3.05) is 9.80 Å². The van der Waals surface area contributed by atoms with Gasteiger partial charge in [0, 0.05) is 50.0 Å². The summed E-state index contributed by atoms with van der Waals surface area (Å²) < 4.78 is 20.5. The van der Waals surface area contributed by atoms with Gasteiger partial charge in [0.25, 0.3) is 6.71 Å². The second-order valence-electron chi connectivity index (χ2n) is 22.4. The monoisotopic (exact) mass is 888 g/mol. The van der Waals surface area contributed by atoms with E-state index in [0.29, 0.717) is 0 Å². The van der Waals surface area contributed by atoms with Gasteiger partial charge in [-0.15, -0.1) is 0 Å². The van der Waals surface area contributed by atoms with Gasteiger partial charge in [0.05, 0.1) is 17.0 Å². The third kappa shape index (κ3) is 6.59. The number of hydrogen-bond acceptors (Lipinski definition) is 5. The molecule has 2 aliphatic rings. The number of rotatable bonds is 4. The van der Waals surface area contributed by atoms with E-state index in [0.717, 1.165) is 84.0 Å². The molecule has 0 aliphatic carbocycles. The van der Waals surface area contributed by atoms with Crippen molar-refractivity contribution in [3.05, 3.63) is 173 Å². The molecular weight excluding hydrogens is 832 g/mol. The molecule has 10 aromatic rings. The van der Waals surface area contributed by atoms with Gasteiger partial charge in [0.1, 0.15) is 28.3 Å². The molecule has 0 saturated carbocycles. The Morgan fingerprint density at radius 2 is 1.00 bits per heavy atom. The minimum atomic E-state index is -0.213. The summed E-state index contributed by atoms with van der Waals surface area (Å²) in [6.07, 6.45) is 0. The van der Waals surface area contributed by atoms with Gasteiger partial charge in [-0.05, 0) is 136 Å². The molecule has 0 fully saturated rings. The minimum Gasteiger partial charge on any atom is -0.468 e. The summed E-state index contributed by atoms with van der Waals surface area (Å²) >= 11 is 0. The first-order valence-electron chi connectivity index (χ1n) is 24.1. The van der Waals surface area contributed by atoms with Crippen molar-refractivity contribution in [1.29, 1.82) is 0 Å². The van der Waals surface area contributed by atoms with Crippen LogP contribution in [-0.2, 0) is 16.2 Å². The first-order valence-corrected chi connectivity index (χ1v) is 24.1. The molecule has 2 aliphatic heterocycles. The maximum Gasteiger partial charge on any atom is 0.297 e. The molecule has 0 amide bonds. The van der Waals surface area contributed by atoms with E-state index in [-0.39, 0.29) is 23.0 Å². The fourth-order valence-electron chi connectivity index (χ4n) is 10.8. The lowest BCUT2D eigenvalue weighted by molar-refractivity contribution is 0.589. The van der Waals surface area contributed by atoms with Crippen LogP contribution in [0, 0.1) is 13.8 Å². The summed E-state index contributed by atoms with van der Waals surface area (Å²) in [7, 11) is 0. The summed E-state index contributed by atoms with van der Waals surface area (Å²) in [4.78, 5) is 5.07. The zero-order chi connectivity index (χ0) is 47.2. The summed E-state index contributed by atoms with van der Waals surface area (Å²) in [6.45, 7) is 25.2. The lowest BCUT2D eigenvalue weighted by Crippen LogP contribution is -2.61. The molecule has 68 heavy (non-hydrogen) atoms. The molecule has 0 radical (unpaired) electrons. The van der Waals surface area contributed by atoms with Gasteiger partial charge in [-0.2, -0.15) is 0 Å². The van der Waals surface area contributed by atoms with Crippen LogP contribution in [0.1, 0.15) is 90.1 Å². The Morgan fingerprint density at radius 3 is 1.60 bits per heavy atom. The van der Waals surface area contributed by atoms with Crippen molar-refractivity contribution in [2.24, 2.45) is 0 Å². The van der Waals surface area contributed by atoms with Crippen molar-refractivity contribution < 1.29 is 13.3 Å². The second-order valence-corrected chi connectivity index (χ2v) is 22.4. The van der Waals surface area contributed by atoms with Gasteiger partial charge in [-0.3, -0.25) is 0 Å². The number of nitrogens with zero attached hydrogens (tertiary/aromatic N) is 2. The van der Waals surface area contributed by atoms with Gasteiger partial charge in [0.2, 0.25) is 0 Å². The van der Waals surface area contributed by atoms with E-state index in [4.69, 9.17) is 13.3 Å². The molecule has 6 heteroatoms. The van der Waals surface area contributed by atoms with Gasteiger partial charge in [-0.25, -0.2) is 0 Å². The van der Waals surface area contributed by atoms with Crippen LogP contribution in [0.25, 0.3) is 55.6 Å². The van der Waals surface area contributed by atoms with Crippen LogP contribution in [0.4, 0.5) is 34.1 Å². The van der Waals surface area contributed by atoms with Crippen LogP contribution >= 0.6 is 0 Å². The lowest BCUT2D eigenvalue weighted by atomic mass is 9.35.